The molecule has 0 atom stereocenters. The summed E-state index contributed by atoms with van der Waals surface area (Å²) in [5, 5.41) is 9.63. The number of rotatable bonds is 4. The first kappa shape index (κ1) is 15.2. The third-order valence-corrected chi connectivity index (χ3v) is 3.80. The second-order valence-electron chi connectivity index (χ2n) is 5.60. The van der Waals surface area contributed by atoms with Gasteiger partial charge in [-0.15, -0.1) is 0 Å². The van der Waals surface area contributed by atoms with Crippen molar-refractivity contribution in [2.45, 2.75) is 6.42 Å². The van der Waals surface area contributed by atoms with Gasteiger partial charge < -0.3 is 14.8 Å². The lowest BCUT2D eigenvalue weighted by atomic mass is 10.1. The number of amides is 1. The number of hydrogen-bond acceptors (Lipinski definition) is 4. The van der Waals surface area contributed by atoms with E-state index in [-0.39, 0.29) is 24.2 Å². The number of carbonyl (C=O) groups excluding carboxylic acids is 1. The van der Waals surface area contributed by atoms with E-state index in [0.717, 1.165) is 11.3 Å². The minimum Gasteiger partial charge on any atom is -0.454 e. The smallest absolute Gasteiger partial charge is 0.276 e. The summed E-state index contributed by atoms with van der Waals surface area (Å²) in [6.07, 6.45) is 0.532. The molecule has 1 aromatic heterocycles. The average Bonchev–Trinajstić information content (AvgIpc) is 3.26. The van der Waals surface area contributed by atoms with Crippen molar-refractivity contribution in [2.75, 3.05) is 12.1 Å². The minimum atomic E-state index is -0.333. The predicted molar refractivity (Wildman–Crippen MR) is 88.3 cm³/mol. The van der Waals surface area contributed by atoms with Crippen LogP contribution in [0.15, 0.2) is 48.5 Å². The number of benzene rings is 2. The van der Waals surface area contributed by atoms with Crippen molar-refractivity contribution in [3.63, 3.8) is 0 Å². The zero-order chi connectivity index (χ0) is 17.2. The Morgan fingerprint density at radius 1 is 1.12 bits per heavy atom. The van der Waals surface area contributed by atoms with Crippen molar-refractivity contribution in [3.05, 3.63) is 71.3 Å². The molecule has 4 rings (SSSR count). The molecule has 7 heteroatoms. The van der Waals surface area contributed by atoms with Crippen LogP contribution in [-0.4, -0.2) is 22.9 Å². The fraction of sp³-hybridized carbons (Fsp3) is 0.111. The molecule has 3 aromatic rings. The Balaban J connectivity index is 1.44. The maximum absolute atomic E-state index is 12.9. The van der Waals surface area contributed by atoms with Crippen molar-refractivity contribution in [2.24, 2.45) is 0 Å². The number of fused-ring (bicyclic) bond motifs is 1. The maximum atomic E-state index is 12.9. The van der Waals surface area contributed by atoms with Crippen LogP contribution in [0.3, 0.4) is 0 Å². The fourth-order valence-corrected chi connectivity index (χ4v) is 2.56. The molecule has 0 saturated carbocycles. The van der Waals surface area contributed by atoms with E-state index >= 15 is 0 Å². The molecule has 6 nitrogen and oxygen atoms in total. The zero-order valence-corrected chi connectivity index (χ0v) is 13.1. The first-order valence-electron chi connectivity index (χ1n) is 7.67. The Hall–Kier alpha value is -3.35. The fourth-order valence-electron chi connectivity index (χ4n) is 2.56. The van der Waals surface area contributed by atoms with Crippen LogP contribution in [-0.2, 0) is 6.42 Å². The Labute approximate surface area is 142 Å². The van der Waals surface area contributed by atoms with E-state index in [0.29, 0.717) is 23.6 Å². The molecule has 126 valence electrons. The molecule has 0 fully saturated rings. The molecule has 0 saturated heterocycles. The number of nitrogens with one attached hydrogen (secondary N) is 2. The molecule has 0 unspecified atom stereocenters. The summed E-state index contributed by atoms with van der Waals surface area (Å²) in [7, 11) is 0. The van der Waals surface area contributed by atoms with Gasteiger partial charge in [-0.05, 0) is 35.9 Å². The molecular weight excluding hydrogens is 325 g/mol. The van der Waals surface area contributed by atoms with E-state index < -0.39 is 0 Å². The molecule has 0 aliphatic carbocycles. The quantitative estimate of drug-likeness (QED) is 0.766. The highest BCUT2D eigenvalue weighted by Crippen LogP contribution is 2.34. The second kappa shape index (κ2) is 6.27. The molecule has 25 heavy (non-hydrogen) atoms. The van der Waals surface area contributed by atoms with Crippen LogP contribution >= 0.6 is 0 Å². The Kier molecular flexibility index (Phi) is 3.81. The lowest BCUT2D eigenvalue weighted by Crippen LogP contribution is -2.12. The van der Waals surface area contributed by atoms with Crippen molar-refractivity contribution < 1.29 is 18.7 Å². The Bertz CT molecular complexity index is 922. The van der Waals surface area contributed by atoms with Gasteiger partial charge >= 0.3 is 0 Å². The standard InChI is InChI=1S/C18H14FN3O3/c19-12-3-1-11(2-4-12)7-14-8-15(22-21-14)18(23)20-13-5-6-16-17(9-13)25-10-24-16/h1-6,8-9H,7,10H2,(H,20,23)(H,21,22). The second-order valence-corrected chi connectivity index (χ2v) is 5.60. The number of H-pyrrole nitrogens is 1. The molecule has 1 aliphatic rings. The van der Waals surface area contributed by atoms with Gasteiger partial charge in [-0.2, -0.15) is 5.10 Å². The van der Waals surface area contributed by atoms with Gasteiger partial charge in [-0.25, -0.2) is 4.39 Å². The van der Waals surface area contributed by atoms with E-state index in [1.807, 2.05) is 0 Å². The number of hydrogen-bond donors (Lipinski definition) is 2. The lowest BCUT2D eigenvalue weighted by molar-refractivity contribution is 0.102. The number of halogens is 1. The van der Waals surface area contributed by atoms with Crippen LogP contribution in [0.2, 0.25) is 0 Å². The monoisotopic (exact) mass is 339 g/mol. The average molecular weight is 339 g/mol. The highest BCUT2D eigenvalue weighted by atomic mass is 19.1. The molecular formula is C18H14FN3O3. The first-order chi connectivity index (χ1) is 12.2. The number of aromatic amines is 1. The molecule has 2 aromatic carbocycles. The summed E-state index contributed by atoms with van der Waals surface area (Å²) in [5.41, 5.74) is 2.56. The number of ether oxygens (including phenoxy) is 2. The molecule has 2 heterocycles. The van der Waals surface area contributed by atoms with E-state index in [9.17, 15) is 9.18 Å². The molecule has 1 amide bonds. The van der Waals surface area contributed by atoms with E-state index in [4.69, 9.17) is 9.47 Å². The minimum absolute atomic E-state index is 0.179. The third kappa shape index (κ3) is 3.30. The van der Waals surface area contributed by atoms with Gasteiger partial charge in [0, 0.05) is 23.9 Å². The zero-order valence-electron chi connectivity index (χ0n) is 13.1. The summed E-state index contributed by atoms with van der Waals surface area (Å²) >= 11 is 0. The van der Waals surface area contributed by atoms with Crippen LogP contribution in [0.25, 0.3) is 0 Å². The first-order valence-corrected chi connectivity index (χ1v) is 7.67. The summed E-state index contributed by atoms with van der Waals surface area (Å²) < 4.78 is 23.5. The summed E-state index contributed by atoms with van der Waals surface area (Å²) in [6.45, 7) is 0.179. The highest BCUT2D eigenvalue weighted by molar-refractivity contribution is 6.03. The van der Waals surface area contributed by atoms with Gasteiger partial charge in [0.05, 0.1) is 0 Å². The van der Waals surface area contributed by atoms with Crippen LogP contribution in [0, 0.1) is 5.82 Å². The van der Waals surface area contributed by atoms with Crippen molar-refractivity contribution in [1.29, 1.82) is 0 Å². The lowest BCUT2D eigenvalue weighted by Gasteiger charge is -2.04. The summed E-state index contributed by atoms with van der Waals surface area (Å²) in [6, 6.07) is 13.0. The van der Waals surface area contributed by atoms with Crippen molar-refractivity contribution in [3.8, 4) is 11.5 Å². The molecule has 0 radical (unpaired) electrons. The molecule has 1 aliphatic heterocycles. The molecule has 0 bridgehead atoms. The van der Waals surface area contributed by atoms with E-state index in [1.54, 1.807) is 36.4 Å². The summed E-state index contributed by atoms with van der Waals surface area (Å²) in [5.74, 6) is 0.633. The third-order valence-electron chi connectivity index (χ3n) is 3.80. The molecule has 0 spiro atoms. The van der Waals surface area contributed by atoms with Gasteiger partial charge in [-0.1, -0.05) is 12.1 Å². The number of anilines is 1. The van der Waals surface area contributed by atoms with Gasteiger partial charge in [0.15, 0.2) is 17.2 Å². The largest absolute Gasteiger partial charge is 0.454 e. The highest BCUT2D eigenvalue weighted by Gasteiger charge is 2.16. The van der Waals surface area contributed by atoms with Crippen LogP contribution in [0.5, 0.6) is 11.5 Å². The number of aromatic nitrogens is 2. The van der Waals surface area contributed by atoms with E-state index in [1.165, 1.54) is 12.1 Å². The topological polar surface area (TPSA) is 76.2 Å². The molecule has 2 N–H and O–H groups in total. The van der Waals surface area contributed by atoms with Gasteiger partial charge in [0.2, 0.25) is 6.79 Å². The summed E-state index contributed by atoms with van der Waals surface area (Å²) in [4.78, 5) is 12.3. The van der Waals surface area contributed by atoms with Gasteiger partial charge in [0.25, 0.3) is 5.91 Å². The van der Waals surface area contributed by atoms with Crippen molar-refractivity contribution in [1.82, 2.24) is 10.2 Å². The van der Waals surface area contributed by atoms with Crippen LogP contribution < -0.4 is 14.8 Å². The van der Waals surface area contributed by atoms with Gasteiger partial charge in [0.1, 0.15) is 5.82 Å². The van der Waals surface area contributed by atoms with E-state index in [2.05, 4.69) is 15.5 Å². The van der Waals surface area contributed by atoms with Crippen LogP contribution in [0.4, 0.5) is 10.1 Å². The SMILES string of the molecule is O=C(Nc1ccc2c(c1)OCO2)c1cc(Cc2ccc(F)cc2)[nH]n1. The maximum Gasteiger partial charge on any atom is 0.276 e. The Morgan fingerprint density at radius 3 is 2.76 bits per heavy atom. The van der Waals surface area contributed by atoms with Gasteiger partial charge in [-0.3, -0.25) is 9.89 Å². The normalized spacial score (nSPS) is 12.2. The Morgan fingerprint density at radius 2 is 1.92 bits per heavy atom. The number of carbonyl (C=O) groups is 1. The predicted octanol–water partition coefficient (Wildman–Crippen LogP) is 3.12. The number of nitrogens with zero attached hydrogens (tertiary/aromatic N) is 1. The van der Waals surface area contributed by atoms with Crippen LogP contribution in [0.1, 0.15) is 21.7 Å². The van der Waals surface area contributed by atoms with Crippen molar-refractivity contribution >= 4 is 11.6 Å².